The van der Waals surface area contributed by atoms with E-state index in [9.17, 15) is 18.4 Å². The van der Waals surface area contributed by atoms with Crippen molar-refractivity contribution >= 4 is 34.5 Å². The van der Waals surface area contributed by atoms with Gasteiger partial charge in [0.2, 0.25) is 5.92 Å². The Bertz CT molecular complexity index is 1050. The van der Waals surface area contributed by atoms with E-state index in [2.05, 4.69) is 5.32 Å². The first-order valence-electron chi connectivity index (χ1n) is 11.4. The molecule has 1 N–H and O–H groups in total. The number of nitrogens with zero attached hydrogens (tertiary/aromatic N) is 2. The Morgan fingerprint density at radius 2 is 1.88 bits per heavy atom. The Kier molecular flexibility index (Phi) is 6.33. The summed E-state index contributed by atoms with van der Waals surface area (Å²) in [6.07, 6.45) is 1.96. The molecule has 2 amide bonds. The summed E-state index contributed by atoms with van der Waals surface area (Å²) in [4.78, 5) is 27.0. The molecule has 4 rings (SSSR count). The average molecular weight is 482 g/mol. The Labute approximate surface area is 197 Å². The second kappa shape index (κ2) is 8.78. The Morgan fingerprint density at radius 3 is 2.52 bits per heavy atom. The van der Waals surface area contributed by atoms with E-state index in [1.807, 2.05) is 37.5 Å². The first-order valence-corrected chi connectivity index (χ1v) is 11.7. The van der Waals surface area contributed by atoms with Crippen molar-refractivity contribution in [3.05, 3.63) is 35.0 Å². The van der Waals surface area contributed by atoms with Gasteiger partial charge in [-0.3, -0.25) is 4.79 Å². The van der Waals surface area contributed by atoms with Gasteiger partial charge in [0.05, 0.1) is 22.1 Å². The molecule has 2 aromatic rings. The highest BCUT2D eigenvalue weighted by Gasteiger charge is 2.37. The number of fused-ring (bicyclic) bond motifs is 1. The Morgan fingerprint density at radius 1 is 1.21 bits per heavy atom. The molecule has 0 bridgehead atoms. The van der Waals surface area contributed by atoms with Gasteiger partial charge in [0.1, 0.15) is 5.60 Å². The van der Waals surface area contributed by atoms with Gasteiger partial charge in [-0.2, -0.15) is 0 Å². The summed E-state index contributed by atoms with van der Waals surface area (Å²) >= 11 is 6.46. The highest BCUT2D eigenvalue weighted by atomic mass is 35.5. The van der Waals surface area contributed by atoms with Crippen LogP contribution in [0.25, 0.3) is 10.9 Å². The Hall–Kier alpha value is -2.35. The molecular formula is C24H30ClF2N3O3. The smallest absolute Gasteiger partial charge is 0.410 e. The summed E-state index contributed by atoms with van der Waals surface area (Å²) in [5.74, 6) is -2.81. The first kappa shape index (κ1) is 23.8. The average Bonchev–Trinajstić information content (AvgIpc) is 3.05. The fraction of sp³-hybridized carbons (Fsp3) is 0.583. The molecule has 1 aliphatic heterocycles. The third kappa shape index (κ3) is 5.26. The summed E-state index contributed by atoms with van der Waals surface area (Å²) in [5, 5.41) is 4.04. The Balaban J connectivity index is 1.46. The molecule has 1 aliphatic carbocycles. The van der Waals surface area contributed by atoms with Crippen LogP contribution in [0.3, 0.4) is 0 Å². The zero-order valence-corrected chi connectivity index (χ0v) is 19.9. The van der Waals surface area contributed by atoms with Crippen LogP contribution in [0.1, 0.15) is 62.9 Å². The van der Waals surface area contributed by atoms with Crippen LogP contribution in [0.4, 0.5) is 13.6 Å². The molecule has 33 heavy (non-hydrogen) atoms. The number of rotatable bonds is 4. The summed E-state index contributed by atoms with van der Waals surface area (Å²) in [6, 6.07) is 5.47. The van der Waals surface area contributed by atoms with Gasteiger partial charge in [-0.15, -0.1) is 0 Å². The summed E-state index contributed by atoms with van der Waals surface area (Å²) in [5.41, 5.74) is 0.709. The normalized spacial score (nSPS) is 19.4. The van der Waals surface area contributed by atoms with Crippen molar-refractivity contribution in [3.8, 4) is 0 Å². The minimum Gasteiger partial charge on any atom is -0.444 e. The molecule has 6 nitrogen and oxygen atoms in total. The van der Waals surface area contributed by atoms with Crippen LogP contribution < -0.4 is 5.32 Å². The number of nitrogens with one attached hydrogen (secondary N) is 1. The number of alkyl halides is 2. The van der Waals surface area contributed by atoms with Crippen LogP contribution in [0.2, 0.25) is 5.02 Å². The largest absolute Gasteiger partial charge is 0.444 e. The molecule has 9 heteroatoms. The molecule has 0 atom stereocenters. The van der Waals surface area contributed by atoms with Gasteiger partial charge in [0.25, 0.3) is 5.91 Å². The van der Waals surface area contributed by atoms with E-state index >= 15 is 0 Å². The van der Waals surface area contributed by atoms with E-state index in [0.717, 1.165) is 5.52 Å². The number of halogens is 3. The fourth-order valence-corrected chi connectivity index (χ4v) is 4.76. The van der Waals surface area contributed by atoms with E-state index in [1.54, 1.807) is 17.2 Å². The maximum absolute atomic E-state index is 13.4. The number of hydrogen-bond donors (Lipinski definition) is 1. The lowest BCUT2D eigenvalue weighted by Gasteiger charge is -2.40. The molecule has 1 saturated heterocycles. The third-order valence-corrected chi connectivity index (χ3v) is 6.66. The van der Waals surface area contributed by atoms with Gasteiger partial charge in [-0.1, -0.05) is 17.7 Å². The zero-order chi connectivity index (χ0) is 24.0. The summed E-state index contributed by atoms with van der Waals surface area (Å²) in [7, 11) is 0. The molecular weight excluding hydrogens is 452 g/mol. The number of amides is 2. The predicted molar refractivity (Wildman–Crippen MR) is 123 cm³/mol. The topological polar surface area (TPSA) is 63.6 Å². The van der Waals surface area contributed by atoms with Gasteiger partial charge in [0.15, 0.2) is 0 Å². The summed E-state index contributed by atoms with van der Waals surface area (Å²) in [6.45, 7) is 6.79. The third-order valence-electron chi connectivity index (χ3n) is 6.35. The molecule has 2 aliphatic rings. The van der Waals surface area contributed by atoms with Crippen molar-refractivity contribution < 1.29 is 23.1 Å². The van der Waals surface area contributed by atoms with Crippen LogP contribution >= 0.6 is 11.6 Å². The van der Waals surface area contributed by atoms with Gasteiger partial charge in [-0.05, 0) is 51.7 Å². The van der Waals surface area contributed by atoms with Crippen molar-refractivity contribution in [3.63, 3.8) is 0 Å². The minimum atomic E-state index is -2.59. The van der Waals surface area contributed by atoms with Gasteiger partial charge in [0, 0.05) is 44.1 Å². The number of benzene rings is 1. The van der Waals surface area contributed by atoms with E-state index in [4.69, 9.17) is 16.3 Å². The lowest BCUT2D eigenvalue weighted by atomic mass is 9.87. The predicted octanol–water partition coefficient (Wildman–Crippen LogP) is 5.64. The molecule has 2 fully saturated rings. The van der Waals surface area contributed by atoms with E-state index in [0.29, 0.717) is 48.4 Å². The molecule has 1 saturated carbocycles. The highest BCUT2D eigenvalue weighted by Crippen LogP contribution is 2.36. The molecule has 0 unspecified atom stereocenters. The zero-order valence-electron chi connectivity index (χ0n) is 19.2. The van der Waals surface area contributed by atoms with Crippen molar-refractivity contribution in [1.29, 1.82) is 0 Å². The number of ether oxygens (including phenoxy) is 1. The molecule has 1 aromatic carbocycles. The highest BCUT2D eigenvalue weighted by molar-refractivity contribution is 6.36. The quantitative estimate of drug-likeness (QED) is 0.614. The molecule has 1 aromatic heterocycles. The van der Waals surface area contributed by atoms with Gasteiger partial charge < -0.3 is 19.5 Å². The van der Waals surface area contributed by atoms with Crippen LogP contribution in [0, 0.1) is 5.92 Å². The molecule has 2 heterocycles. The van der Waals surface area contributed by atoms with Crippen LogP contribution in [-0.2, 0) is 4.74 Å². The van der Waals surface area contributed by atoms with E-state index < -0.39 is 11.5 Å². The van der Waals surface area contributed by atoms with Gasteiger partial charge >= 0.3 is 6.09 Å². The second-order valence-electron chi connectivity index (χ2n) is 10.1. The van der Waals surface area contributed by atoms with Crippen LogP contribution in [0.15, 0.2) is 24.4 Å². The van der Waals surface area contributed by atoms with E-state index in [-0.39, 0.29) is 36.8 Å². The fourth-order valence-electron chi connectivity index (χ4n) is 4.49. The molecule has 180 valence electrons. The SMILES string of the molecule is CC(C)(C)OC(=O)N1CC(n2cc(C(=O)NCC3CCC(F)(F)CC3)c3c(Cl)cccc32)C1. The maximum atomic E-state index is 13.4. The van der Waals surface area contributed by atoms with Crippen molar-refractivity contribution in [2.45, 2.75) is 64.0 Å². The van der Waals surface area contributed by atoms with Gasteiger partial charge in [-0.25, -0.2) is 13.6 Å². The lowest BCUT2D eigenvalue weighted by molar-refractivity contribution is -0.0452. The number of carbonyl (C=O) groups is 2. The summed E-state index contributed by atoms with van der Waals surface area (Å²) < 4.78 is 34.2. The van der Waals surface area contributed by atoms with Crippen LogP contribution in [-0.4, -0.2) is 52.6 Å². The van der Waals surface area contributed by atoms with E-state index in [1.165, 1.54) is 0 Å². The number of hydrogen-bond acceptors (Lipinski definition) is 3. The van der Waals surface area contributed by atoms with Crippen molar-refractivity contribution in [1.82, 2.24) is 14.8 Å². The van der Waals surface area contributed by atoms with Crippen molar-refractivity contribution in [2.24, 2.45) is 5.92 Å². The maximum Gasteiger partial charge on any atom is 0.410 e. The standard InChI is InChI=1S/C24H30ClF2N3O3/c1-23(2,3)33-22(32)29-12-16(13-29)30-14-17(20-18(25)5-4-6-19(20)30)21(31)28-11-15-7-9-24(26,27)10-8-15/h4-6,14-16H,7-13H2,1-3H3,(H,28,31). The van der Waals surface area contributed by atoms with Crippen molar-refractivity contribution in [2.75, 3.05) is 19.6 Å². The molecule has 0 radical (unpaired) electrons. The first-order chi connectivity index (χ1) is 15.4. The lowest BCUT2D eigenvalue weighted by Crippen LogP contribution is -2.52. The number of likely N-dealkylation sites (tertiary alicyclic amines) is 1. The minimum absolute atomic E-state index is 0.000566. The molecule has 0 spiro atoms. The second-order valence-corrected chi connectivity index (χ2v) is 10.5. The monoisotopic (exact) mass is 481 g/mol. The number of carbonyl (C=O) groups excluding carboxylic acids is 2. The number of aromatic nitrogens is 1. The van der Waals surface area contributed by atoms with Crippen LogP contribution in [0.5, 0.6) is 0 Å².